The molecule has 1 aromatic heterocycles. The van der Waals surface area contributed by atoms with E-state index >= 15 is 0 Å². The van der Waals surface area contributed by atoms with Gasteiger partial charge < -0.3 is 19.6 Å². The van der Waals surface area contributed by atoms with Crippen molar-refractivity contribution < 1.29 is 24.0 Å². The molecule has 0 aliphatic heterocycles. The van der Waals surface area contributed by atoms with Crippen LogP contribution in [0.25, 0.3) is 22.3 Å². The third kappa shape index (κ3) is 4.55. The van der Waals surface area contributed by atoms with Crippen LogP contribution in [-0.2, 0) is 11.4 Å². The monoisotopic (exact) mass is 480 g/mol. The molecule has 0 aliphatic rings. The summed E-state index contributed by atoms with van der Waals surface area (Å²) in [6.07, 6.45) is 0. The van der Waals surface area contributed by atoms with Crippen LogP contribution in [0.2, 0.25) is 5.02 Å². The number of nitrogens with zero attached hydrogens (tertiary/aromatic N) is 1. The van der Waals surface area contributed by atoms with E-state index in [1.807, 2.05) is 30.3 Å². The summed E-state index contributed by atoms with van der Waals surface area (Å²) < 4.78 is 11.4. The number of rotatable bonds is 6. The van der Waals surface area contributed by atoms with Crippen LogP contribution in [0.3, 0.4) is 0 Å². The first-order valence-corrected chi connectivity index (χ1v) is 10.3. The molecule has 0 radical (unpaired) electrons. The van der Waals surface area contributed by atoms with E-state index in [1.165, 1.54) is 25.1 Å². The van der Waals surface area contributed by atoms with Crippen molar-refractivity contribution in [1.82, 2.24) is 0 Å². The summed E-state index contributed by atoms with van der Waals surface area (Å²) >= 11 is 6.33. The molecule has 0 fully saturated rings. The van der Waals surface area contributed by atoms with Gasteiger partial charge in [-0.3, -0.25) is 19.7 Å². The lowest BCUT2D eigenvalue weighted by Crippen LogP contribution is -2.09. The maximum absolute atomic E-state index is 12.8. The van der Waals surface area contributed by atoms with Gasteiger partial charge >= 0.3 is 5.69 Å². The Bertz CT molecular complexity index is 1480. The summed E-state index contributed by atoms with van der Waals surface area (Å²) in [7, 11) is 0. The molecule has 10 heteroatoms. The van der Waals surface area contributed by atoms with Crippen molar-refractivity contribution in [3.63, 3.8) is 0 Å². The van der Waals surface area contributed by atoms with Gasteiger partial charge in [0.15, 0.2) is 5.76 Å². The van der Waals surface area contributed by atoms with E-state index in [9.17, 15) is 24.8 Å². The highest BCUT2D eigenvalue weighted by Gasteiger charge is 2.24. The molecule has 0 spiro atoms. The van der Waals surface area contributed by atoms with Crippen LogP contribution in [0.15, 0.2) is 69.9 Å². The number of carbonyl (C=O) groups excluding carboxylic acids is 1. The lowest BCUT2D eigenvalue weighted by molar-refractivity contribution is -0.383. The average molecular weight is 481 g/mol. The SMILES string of the molecule is CC(=O)Nc1cc([N+](=O)[O-])c2oc(-c3ccc(OCc4ccccc4)c(Cl)c3)c(O)c(=O)c2c1. The molecule has 0 unspecified atom stereocenters. The van der Waals surface area contributed by atoms with Crippen LogP contribution < -0.4 is 15.5 Å². The molecular weight excluding hydrogens is 464 g/mol. The second-order valence-corrected chi connectivity index (χ2v) is 7.75. The number of benzene rings is 3. The predicted molar refractivity (Wildman–Crippen MR) is 126 cm³/mol. The molecule has 0 aliphatic carbocycles. The molecule has 9 nitrogen and oxygen atoms in total. The van der Waals surface area contributed by atoms with Gasteiger partial charge in [0.25, 0.3) is 0 Å². The standard InChI is InChI=1S/C24H17ClN2O7/c1-13(28)26-16-10-17-21(29)22(30)23(34-24(17)19(11-16)27(31)32)15-7-8-20(18(25)9-15)33-12-14-5-3-2-4-6-14/h2-11,30H,12H2,1H3,(H,26,28). The average Bonchev–Trinajstić information content (AvgIpc) is 2.80. The van der Waals surface area contributed by atoms with E-state index < -0.39 is 27.7 Å². The minimum atomic E-state index is -0.896. The van der Waals surface area contributed by atoms with Crippen molar-refractivity contribution >= 4 is 39.9 Å². The first-order valence-electron chi connectivity index (χ1n) is 9.97. The Hall–Kier alpha value is -4.37. The Morgan fingerprint density at radius 2 is 1.91 bits per heavy atom. The minimum Gasteiger partial charge on any atom is -0.502 e. The minimum absolute atomic E-state index is 0.0223. The number of nitro groups is 1. The fourth-order valence-electron chi connectivity index (χ4n) is 3.37. The summed E-state index contributed by atoms with van der Waals surface area (Å²) in [6.45, 7) is 1.50. The van der Waals surface area contributed by atoms with E-state index in [4.69, 9.17) is 20.8 Å². The molecule has 0 bridgehead atoms. The number of nitro benzene ring substituents is 1. The maximum Gasteiger partial charge on any atom is 0.314 e. The molecule has 172 valence electrons. The number of nitrogens with one attached hydrogen (secondary N) is 1. The van der Waals surface area contributed by atoms with Gasteiger partial charge in [-0.25, -0.2) is 0 Å². The summed E-state index contributed by atoms with van der Waals surface area (Å²) in [6, 6.07) is 16.2. The maximum atomic E-state index is 12.8. The molecule has 1 heterocycles. The highest BCUT2D eigenvalue weighted by molar-refractivity contribution is 6.32. The Labute approximate surface area is 197 Å². The van der Waals surface area contributed by atoms with Crippen molar-refractivity contribution in [1.29, 1.82) is 0 Å². The first-order chi connectivity index (χ1) is 16.2. The van der Waals surface area contributed by atoms with Gasteiger partial charge in [-0.05, 0) is 29.8 Å². The fourth-order valence-corrected chi connectivity index (χ4v) is 3.61. The number of halogens is 1. The van der Waals surface area contributed by atoms with E-state index in [0.717, 1.165) is 11.6 Å². The van der Waals surface area contributed by atoms with Crippen LogP contribution in [-0.4, -0.2) is 15.9 Å². The molecule has 3 aromatic carbocycles. The van der Waals surface area contributed by atoms with Gasteiger partial charge in [0.2, 0.25) is 22.7 Å². The van der Waals surface area contributed by atoms with E-state index in [2.05, 4.69) is 5.32 Å². The molecule has 4 rings (SSSR count). The number of hydrogen-bond acceptors (Lipinski definition) is 7. The van der Waals surface area contributed by atoms with Crippen LogP contribution >= 0.6 is 11.6 Å². The van der Waals surface area contributed by atoms with Gasteiger partial charge in [-0.15, -0.1) is 0 Å². The smallest absolute Gasteiger partial charge is 0.314 e. The fraction of sp³-hybridized carbons (Fsp3) is 0.0833. The molecule has 0 saturated carbocycles. The molecule has 1 amide bonds. The van der Waals surface area contributed by atoms with Gasteiger partial charge in [-0.2, -0.15) is 0 Å². The van der Waals surface area contributed by atoms with E-state index in [1.54, 1.807) is 6.07 Å². The zero-order valence-electron chi connectivity index (χ0n) is 17.7. The summed E-state index contributed by atoms with van der Waals surface area (Å²) in [5.74, 6) is -1.16. The zero-order valence-corrected chi connectivity index (χ0v) is 18.5. The number of anilines is 1. The lowest BCUT2D eigenvalue weighted by atomic mass is 10.1. The summed E-state index contributed by atoms with van der Waals surface area (Å²) in [4.78, 5) is 35.1. The van der Waals surface area contributed by atoms with Gasteiger partial charge in [-0.1, -0.05) is 41.9 Å². The molecular formula is C24H17ClN2O7. The van der Waals surface area contributed by atoms with E-state index in [0.29, 0.717) is 5.75 Å². The normalized spacial score (nSPS) is 10.8. The molecule has 0 atom stereocenters. The quantitative estimate of drug-likeness (QED) is 0.284. The summed E-state index contributed by atoms with van der Waals surface area (Å²) in [5, 5.41) is 24.5. The number of aromatic hydroxyl groups is 1. The number of carbonyl (C=O) groups is 1. The Morgan fingerprint density at radius 1 is 1.18 bits per heavy atom. The number of non-ortho nitro benzene ring substituents is 1. The second-order valence-electron chi connectivity index (χ2n) is 7.34. The molecule has 4 aromatic rings. The summed E-state index contributed by atoms with van der Waals surface area (Å²) in [5.41, 5.74) is -0.618. The Kier molecular flexibility index (Phi) is 6.20. The molecule has 0 saturated heterocycles. The van der Waals surface area contributed by atoms with Gasteiger partial charge in [0.05, 0.1) is 15.3 Å². The highest BCUT2D eigenvalue weighted by Crippen LogP contribution is 2.38. The Balaban J connectivity index is 1.77. The highest BCUT2D eigenvalue weighted by atomic mass is 35.5. The number of fused-ring (bicyclic) bond motifs is 1. The van der Waals surface area contributed by atoms with Crippen molar-refractivity contribution in [2.75, 3.05) is 5.32 Å². The van der Waals surface area contributed by atoms with Crippen LogP contribution in [0.4, 0.5) is 11.4 Å². The third-order valence-corrected chi connectivity index (χ3v) is 5.19. The van der Waals surface area contributed by atoms with Crippen LogP contribution in [0.1, 0.15) is 12.5 Å². The first kappa shape index (κ1) is 22.8. The second kappa shape index (κ2) is 9.24. The van der Waals surface area contributed by atoms with Crippen LogP contribution in [0.5, 0.6) is 11.5 Å². The molecule has 2 N–H and O–H groups in total. The topological polar surface area (TPSA) is 132 Å². The van der Waals surface area contributed by atoms with Crippen molar-refractivity contribution in [3.05, 3.63) is 91.6 Å². The van der Waals surface area contributed by atoms with Crippen molar-refractivity contribution in [3.8, 4) is 22.8 Å². The van der Waals surface area contributed by atoms with Crippen LogP contribution in [0, 0.1) is 10.1 Å². The van der Waals surface area contributed by atoms with E-state index in [-0.39, 0.29) is 39.6 Å². The number of hydrogen-bond donors (Lipinski definition) is 2. The predicted octanol–water partition coefficient (Wildman–Crippen LogP) is 5.26. The third-order valence-electron chi connectivity index (χ3n) is 4.90. The largest absolute Gasteiger partial charge is 0.502 e. The number of ether oxygens (including phenoxy) is 1. The lowest BCUT2D eigenvalue weighted by Gasteiger charge is -2.11. The van der Waals surface area contributed by atoms with Gasteiger partial charge in [0, 0.05) is 24.2 Å². The molecule has 34 heavy (non-hydrogen) atoms. The van der Waals surface area contributed by atoms with Gasteiger partial charge in [0.1, 0.15) is 12.4 Å². The van der Waals surface area contributed by atoms with Crippen molar-refractivity contribution in [2.24, 2.45) is 0 Å². The zero-order chi connectivity index (χ0) is 24.4. The Morgan fingerprint density at radius 3 is 2.56 bits per heavy atom. The van der Waals surface area contributed by atoms with Crippen molar-refractivity contribution in [2.45, 2.75) is 13.5 Å². The number of amides is 1.